The van der Waals surface area contributed by atoms with Crippen LogP contribution < -0.4 is 4.74 Å². The number of hydrogen-bond acceptors (Lipinski definition) is 6. The number of pyridine rings is 1. The minimum Gasteiger partial charge on any atom is -0.472 e. The van der Waals surface area contributed by atoms with E-state index in [1.807, 2.05) is 56.3 Å². The Balaban J connectivity index is 1.60. The van der Waals surface area contributed by atoms with Gasteiger partial charge in [0.1, 0.15) is 11.7 Å². The van der Waals surface area contributed by atoms with E-state index in [-0.39, 0.29) is 48.3 Å². The summed E-state index contributed by atoms with van der Waals surface area (Å²) in [5, 5.41) is 9.88. The highest BCUT2D eigenvalue weighted by Gasteiger charge is 2.35. The van der Waals surface area contributed by atoms with Crippen LogP contribution in [0, 0.1) is 11.8 Å². The average molecular weight is 508 g/mol. The Labute approximate surface area is 218 Å². The third-order valence-corrected chi connectivity index (χ3v) is 7.21. The van der Waals surface area contributed by atoms with Crippen LogP contribution >= 0.6 is 0 Å². The minimum atomic E-state index is -0.369. The molecule has 2 amide bonds. The van der Waals surface area contributed by atoms with Crippen molar-refractivity contribution in [2.45, 2.75) is 38.8 Å². The molecule has 0 radical (unpaired) electrons. The van der Waals surface area contributed by atoms with Crippen molar-refractivity contribution in [3.8, 4) is 5.88 Å². The number of amides is 2. The maximum absolute atomic E-state index is 13.6. The van der Waals surface area contributed by atoms with Gasteiger partial charge >= 0.3 is 0 Å². The molecule has 2 aliphatic rings. The van der Waals surface area contributed by atoms with E-state index in [9.17, 15) is 14.7 Å². The predicted octanol–water partition coefficient (Wildman–Crippen LogP) is 3.36. The number of benzene rings is 1. The highest BCUT2D eigenvalue weighted by Crippen LogP contribution is 2.28. The molecule has 4 rings (SSSR count). The first-order chi connectivity index (χ1) is 17.9. The zero-order valence-electron chi connectivity index (χ0n) is 21.9. The Hall–Kier alpha value is -3.23. The van der Waals surface area contributed by atoms with Crippen LogP contribution in [-0.2, 0) is 9.53 Å². The summed E-state index contributed by atoms with van der Waals surface area (Å²) >= 11 is 0. The fourth-order valence-electron chi connectivity index (χ4n) is 4.80. The van der Waals surface area contributed by atoms with Crippen LogP contribution in [0.25, 0.3) is 12.2 Å². The SMILES string of the molecule is C[C@@H]1CN([C@H](C)CO)C(=O)c2cc(/C=C/c3ccccc3)cnc2O[C@H]1CN(C)C(=O)C1CCOCC1. The van der Waals surface area contributed by atoms with Crippen LogP contribution in [0.1, 0.15) is 48.2 Å². The first kappa shape index (κ1) is 26.8. The zero-order valence-corrected chi connectivity index (χ0v) is 21.9. The lowest BCUT2D eigenvalue weighted by Gasteiger charge is -2.38. The van der Waals surface area contributed by atoms with Crippen LogP contribution in [0.3, 0.4) is 0 Å². The number of hydrogen-bond donors (Lipinski definition) is 1. The van der Waals surface area contributed by atoms with Gasteiger partial charge in [0.15, 0.2) is 0 Å². The molecule has 0 bridgehead atoms. The molecule has 8 nitrogen and oxygen atoms in total. The summed E-state index contributed by atoms with van der Waals surface area (Å²) in [7, 11) is 1.80. The highest BCUT2D eigenvalue weighted by atomic mass is 16.5. The Morgan fingerprint density at radius 2 is 1.92 bits per heavy atom. The quantitative estimate of drug-likeness (QED) is 0.618. The smallest absolute Gasteiger partial charge is 0.259 e. The molecule has 2 aromatic rings. The van der Waals surface area contributed by atoms with E-state index in [0.717, 1.165) is 24.0 Å². The number of fused-ring (bicyclic) bond motifs is 1. The molecule has 0 unspecified atom stereocenters. The molecule has 3 atom stereocenters. The van der Waals surface area contributed by atoms with Crippen LogP contribution in [0.4, 0.5) is 0 Å². The van der Waals surface area contributed by atoms with E-state index in [4.69, 9.17) is 9.47 Å². The number of carbonyl (C=O) groups excluding carboxylic acids is 2. The maximum Gasteiger partial charge on any atom is 0.259 e. The Kier molecular flexibility index (Phi) is 8.95. The molecule has 0 spiro atoms. The molecule has 1 fully saturated rings. The summed E-state index contributed by atoms with van der Waals surface area (Å²) in [6.07, 6.45) is 6.65. The second-order valence-electron chi connectivity index (χ2n) is 10.1. The Morgan fingerprint density at radius 3 is 2.62 bits per heavy atom. The van der Waals surface area contributed by atoms with Gasteiger partial charge in [-0.15, -0.1) is 0 Å². The standard InChI is InChI=1S/C29H37N3O5/c1-20-17-32(21(2)19-33)29(35)25-15-23(10-9-22-7-5-4-6-8-22)16-30-27(25)37-26(20)18-31(3)28(34)24-11-13-36-14-12-24/h4-10,15-16,20-21,24,26,33H,11-14,17-19H2,1-3H3/b10-9+/t20-,21-,26+/m1/s1. The van der Waals surface area contributed by atoms with Crippen molar-refractivity contribution in [1.29, 1.82) is 0 Å². The van der Waals surface area contributed by atoms with Crippen molar-refractivity contribution in [3.63, 3.8) is 0 Å². The summed E-state index contributed by atoms with van der Waals surface area (Å²) in [4.78, 5) is 34.6. The zero-order chi connectivity index (χ0) is 26.4. The fraction of sp³-hybridized carbons (Fsp3) is 0.483. The highest BCUT2D eigenvalue weighted by molar-refractivity contribution is 5.97. The van der Waals surface area contributed by atoms with E-state index < -0.39 is 0 Å². The van der Waals surface area contributed by atoms with Gasteiger partial charge in [-0.3, -0.25) is 9.59 Å². The van der Waals surface area contributed by atoms with Gasteiger partial charge in [0, 0.05) is 44.8 Å². The largest absolute Gasteiger partial charge is 0.472 e. The summed E-state index contributed by atoms with van der Waals surface area (Å²) in [5.41, 5.74) is 2.16. The third kappa shape index (κ3) is 6.56. The van der Waals surface area contributed by atoms with Gasteiger partial charge in [-0.1, -0.05) is 49.4 Å². The van der Waals surface area contributed by atoms with Gasteiger partial charge in [0.25, 0.3) is 5.91 Å². The average Bonchev–Trinajstić information content (AvgIpc) is 2.94. The normalized spacial score (nSPS) is 21.6. The molecular formula is C29H37N3O5. The van der Waals surface area contributed by atoms with Crippen molar-refractivity contribution < 1.29 is 24.2 Å². The molecule has 0 aliphatic carbocycles. The number of ether oxygens (including phenoxy) is 2. The number of likely N-dealkylation sites (N-methyl/N-ethyl adjacent to an activating group) is 1. The first-order valence-corrected chi connectivity index (χ1v) is 13.0. The van der Waals surface area contributed by atoms with Crippen molar-refractivity contribution in [3.05, 3.63) is 59.3 Å². The molecule has 3 heterocycles. The summed E-state index contributed by atoms with van der Waals surface area (Å²) in [6.45, 7) is 5.67. The van der Waals surface area contributed by atoms with Gasteiger partial charge in [-0.05, 0) is 37.0 Å². The lowest BCUT2D eigenvalue weighted by atomic mass is 9.97. The number of aliphatic hydroxyl groups excluding tert-OH is 1. The predicted molar refractivity (Wildman–Crippen MR) is 142 cm³/mol. The molecule has 1 N–H and O–H groups in total. The van der Waals surface area contributed by atoms with Crippen LogP contribution in [0.2, 0.25) is 0 Å². The second kappa shape index (κ2) is 12.3. The molecule has 198 valence electrons. The van der Waals surface area contributed by atoms with Crippen molar-refractivity contribution in [1.82, 2.24) is 14.8 Å². The van der Waals surface area contributed by atoms with Crippen molar-refractivity contribution in [2.75, 3.05) is 40.0 Å². The van der Waals surface area contributed by atoms with E-state index in [1.54, 1.807) is 29.1 Å². The monoisotopic (exact) mass is 507 g/mol. The number of aromatic nitrogens is 1. The number of aliphatic hydroxyl groups is 1. The molecule has 1 aromatic heterocycles. The topological polar surface area (TPSA) is 92.2 Å². The Morgan fingerprint density at radius 1 is 1.22 bits per heavy atom. The van der Waals surface area contributed by atoms with Gasteiger partial charge in [-0.2, -0.15) is 0 Å². The summed E-state index contributed by atoms with van der Waals surface area (Å²) in [5.74, 6) is -0.0150. The molecule has 1 saturated heterocycles. The van der Waals surface area contributed by atoms with Gasteiger partial charge in [0.05, 0.1) is 19.2 Å². The van der Waals surface area contributed by atoms with E-state index >= 15 is 0 Å². The van der Waals surface area contributed by atoms with Crippen LogP contribution in [-0.4, -0.2) is 83.8 Å². The van der Waals surface area contributed by atoms with E-state index in [0.29, 0.717) is 31.9 Å². The number of carbonyl (C=O) groups is 2. The fourth-order valence-corrected chi connectivity index (χ4v) is 4.80. The number of nitrogens with zero attached hydrogens (tertiary/aromatic N) is 3. The van der Waals surface area contributed by atoms with Crippen molar-refractivity contribution >= 4 is 24.0 Å². The Bertz CT molecular complexity index is 1100. The second-order valence-corrected chi connectivity index (χ2v) is 10.1. The summed E-state index contributed by atoms with van der Waals surface area (Å²) in [6, 6.07) is 11.3. The van der Waals surface area contributed by atoms with Crippen LogP contribution in [0.15, 0.2) is 42.6 Å². The van der Waals surface area contributed by atoms with Gasteiger partial charge < -0.3 is 24.4 Å². The molecule has 37 heavy (non-hydrogen) atoms. The van der Waals surface area contributed by atoms with E-state index in [2.05, 4.69) is 4.98 Å². The molecular weight excluding hydrogens is 470 g/mol. The first-order valence-electron chi connectivity index (χ1n) is 13.0. The van der Waals surface area contributed by atoms with Crippen LogP contribution in [0.5, 0.6) is 5.88 Å². The maximum atomic E-state index is 13.6. The van der Waals surface area contributed by atoms with Crippen molar-refractivity contribution in [2.24, 2.45) is 11.8 Å². The minimum absolute atomic E-state index is 0.0422. The molecule has 1 aromatic carbocycles. The molecule has 8 heteroatoms. The molecule has 2 aliphatic heterocycles. The number of rotatable bonds is 7. The lowest BCUT2D eigenvalue weighted by Crippen LogP contribution is -2.51. The van der Waals surface area contributed by atoms with Gasteiger partial charge in [0.2, 0.25) is 11.8 Å². The van der Waals surface area contributed by atoms with E-state index in [1.165, 1.54) is 0 Å². The van der Waals surface area contributed by atoms with Gasteiger partial charge in [-0.25, -0.2) is 4.98 Å². The lowest BCUT2D eigenvalue weighted by molar-refractivity contribution is -0.138. The molecule has 0 saturated carbocycles. The third-order valence-electron chi connectivity index (χ3n) is 7.21. The summed E-state index contributed by atoms with van der Waals surface area (Å²) < 4.78 is 11.8.